The van der Waals surface area contributed by atoms with Crippen LogP contribution < -0.4 is 10.1 Å². The van der Waals surface area contributed by atoms with Crippen LogP contribution >= 0.6 is 11.6 Å². The average molecular weight is 402 g/mol. The van der Waals surface area contributed by atoms with Crippen LogP contribution in [-0.4, -0.2) is 25.1 Å². The molecule has 0 aliphatic heterocycles. The Balaban J connectivity index is 1.66. The number of aryl methyl sites for hydroxylation is 1. The fourth-order valence-electron chi connectivity index (χ4n) is 2.76. The van der Waals surface area contributed by atoms with E-state index in [9.17, 15) is 9.59 Å². The summed E-state index contributed by atoms with van der Waals surface area (Å²) in [6.07, 6.45) is -0.989. The smallest absolute Gasteiger partial charge is 0.375 e. The normalized spacial score (nSPS) is 11.9. The number of rotatable bonds is 6. The van der Waals surface area contributed by atoms with Crippen LogP contribution in [0, 0.1) is 6.92 Å². The van der Waals surface area contributed by atoms with Crippen molar-refractivity contribution in [1.82, 2.24) is 5.32 Å². The molecule has 0 bridgehead atoms. The first kappa shape index (κ1) is 19.8. The van der Waals surface area contributed by atoms with Crippen molar-refractivity contribution in [3.63, 3.8) is 0 Å². The lowest BCUT2D eigenvalue weighted by Gasteiger charge is -2.13. The molecule has 0 unspecified atom stereocenters. The van der Waals surface area contributed by atoms with Crippen LogP contribution in [0.1, 0.15) is 28.6 Å². The molecule has 3 aromatic rings. The number of carbonyl (C=O) groups is 2. The lowest BCUT2D eigenvalue weighted by Crippen LogP contribution is -2.35. The predicted molar refractivity (Wildman–Crippen MR) is 106 cm³/mol. The SMILES string of the molecule is COc1ccc2oc(C(=O)O[C@H](C)C(=O)NCc3ccccc3Cl)c(C)c2c1. The molecule has 146 valence electrons. The molecule has 7 heteroatoms. The molecular formula is C21H20ClNO5. The summed E-state index contributed by atoms with van der Waals surface area (Å²) in [6, 6.07) is 12.4. The summed E-state index contributed by atoms with van der Waals surface area (Å²) in [7, 11) is 1.56. The van der Waals surface area contributed by atoms with Crippen LogP contribution in [0.4, 0.5) is 0 Å². The molecule has 1 N–H and O–H groups in total. The van der Waals surface area contributed by atoms with E-state index in [1.165, 1.54) is 6.92 Å². The molecule has 1 heterocycles. The summed E-state index contributed by atoms with van der Waals surface area (Å²) < 4.78 is 16.1. The molecule has 6 nitrogen and oxygen atoms in total. The van der Waals surface area contributed by atoms with Gasteiger partial charge in [-0.05, 0) is 43.7 Å². The molecule has 0 radical (unpaired) electrons. The number of hydrogen-bond acceptors (Lipinski definition) is 5. The Morgan fingerprint density at radius 1 is 1.21 bits per heavy atom. The summed E-state index contributed by atoms with van der Waals surface area (Å²) >= 11 is 6.07. The minimum absolute atomic E-state index is 0.0639. The van der Waals surface area contributed by atoms with Gasteiger partial charge in [0.2, 0.25) is 5.76 Å². The second-order valence-electron chi connectivity index (χ2n) is 6.28. The molecule has 0 aliphatic carbocycles. The van der Waals surface area contributed by atoms with Crippen LogP contribution in [0.5, 0.6) is 5.75 Å². The largest absolute Gasteiger partial charge is 0.497 e. The predicted octanol–water partition coefficient (Wildman–Crippen LogP) is 4.26. The van der Waals surface area contributed by atoms with Gasteiger partial charge in [0, 0.05) is 22.5 Å². The number of hydrogen-bond donors (Lipinski definition) is 1. The van der Waals surface area contributed by atoms with Gasteiger partial charge in [-0.3, -0.25) is 4.79 Å². The zero-order chi connectivity index (χ0) is 20.3. The molecule has 0 saturated heterocycles. The summed E-state index contributed by atoms with van der Waals surface area (Å²) in [6.45, 7) is 3.49. The fourth-order valence-corrected chi connectivity index (χ4v) is 2.96. The zero-order valence-corrected chi connectivity index (χ0v) is 16.5. The Morgan fingerprint density at radius 3 is 2.68 bits per heavy atom. The van der Waals surface area contributed by atoms with E-state index in [1.807, 2.05) is 18.2 Å². The second-order valence-corrected chi connectivity index (χ2v) is 6.68. The quantitative estimate of drug-likeness (QED) is 0.624. The minimum Gasteiger partial charge on any atom is -0.497 e. The van der Waals surface area contributed by atoms with Crippen molar-refractivity contribution >= 4 is 34.4 Å². The first-order chi connectivity index (χ1) is 13.4. The zero-order valence-electron chi connectivity index (χ0n) is 15.7. The Kier molecular flexibility index (Phi) is 5.90. The Labute approximate surface area is 167 Å². The highest BCUT2D eigenvalue weighted by atomic mass is 35.5. The third-order valence-electron chi connectivity index (χ3n) is 4.39. The van der Waals surface area contributed by atoms with E-state index < -0.39 is 18.0 Å². The van der Waals surface area contributed by atoms with Gasteiger partial charge in [-0.2, -0.15) is 0 Å². The minimum atomic E-state index is -0.989. The van der Waals surface area contributed by atoms with E-state index in [2.05, 4.69) is 5.32 Å². The van der Waals surface area contributed by atoms with Crippen molar-refractivity contribution in [2.75, 3.05) is 7.11 Å². The van der Waals surface area contributed by atoms with Crippen LogP contribution in [-0.2, 0) is 16.1 Å². The first-order valence-electron chi connectivity index (χ1n) is 8.70. The second kappa shape index (κ2) is 8.35. The summed E-state index contributed by atoms with van der Waals surface area (Å²) in [5, 5.41) is 4.01. The Hall–Kier alpha value is -2.99. The average Bonchev–Trinajstić information content (AvgIpc) is 3.03. The van der Waals surface area contributed by atoms with Crippen molar-refractivity contribution in [2.45, 2.75) is 26.5 Å². The van der Waals surface area contributed by atoms with Gasteiger partial charge in [0.05, 0.1) is 7.11 Å². The number of benzene rings is 2. The van der Waals surface area contributed by atoms with Crippen LogP contribution in [0.3, 0.4) is 0 Å². The third kappa shape index (κ3) is 4.12. The van der Waals surface area contributed by atoms with Gasteiger partial charge >= 0.3 is 5.97 Å². The molecule has 2 aromatic carbocycles. The van der Waals surface area contributed by atoms with Crippen LogP contribution in [0.2, 0.25) is 5.02 Å². The van der Waals surface area contributed by atoms with E-state index in [4.69, 9.17) is 25.5 Å². The highest BCUT2D eigenvalue weighted by molar-refractivity contribution is 6.31. The molecule has 0 aliphatic rings. The van der Waals surface area contributed by atoms with Crippen LogP contribution in [0.25, 0.3) is 11.0 Å². The molecule has 3 rings (SSSR count). The maximum atomic E-state index is 12.5. The number of carbonyl (C=O) groups excluding carboxylic acids is 2. The lowest BCUT2D eigenvalue weighted by atomic mass is 10.1. The molecule has 28 heavy (non-hydrogen) atoms. The van der Waals surface area contributed by atoms with Crippen molar-refractivity contribution in [1.29, 1.82) is 0 Å². The molecular weight excluding hydrogens is 382 g/mol. The summed E-state index contributed by atoms with van der Waals surface area (Å²) in [4.78, 5) is 24.7. The third-order valence-corrected chi connectivity index (χ3v) is 4.76. The number of halogens is 1. The fraction of sp³-hybridized carbons (Fsp3) is 0.238. The van der Waals surface area contributed by atoms with Gasteiger partial charge in [0.1, 0.15) is 11.3 Å². The number of esters is 1. The molecule has 1 amide bonds. The highest BCUT2D eigenvalue weighted by Gasteiger charge is 2.24. The number of amides is 1. The number of methoxy groups -OCH3 is 1. The molecule has 0 fully saturated rings. The molecule has 1 aromatic heterocycles. The van der Waals surface area contributed by atoms with E-state index in [0.29, 0.717) is 21.9 Å². The molecule has 0 saturated carbocycles. The van der Waals surface area contributed by atoms with E-state index in [-0.39, 0.29) is 12.3 Å². The number of ether oxygens (including phenoxy) is 2. The lowest BCUT2D eigenvalue weighted by molar-refractivity contribution is -0.129. The maximum Gasteiger partial charge on any atom is 0.375 e. The number of nitrogens with one attached hydrogen (secondary N) is 1. The molecule has 1 atom stereocenters. The van der Waals surface area contributed by atoms with Crippen molar-refractivity contribution in [3.8, 4) is 5.75 Å². The van der Waals surface area contributed by atoms with Gasteiger partial charge < -0.3 is 19.2 Å². The van der Waals surface area contributed by atoms with E-state index >= 15 is 0 Å². The van der Waals surface area contributed by atoms with Crippen LogP contribution in [0.15, 0.2) is 46.9 Å². The van der Waals surface area contributed by atoms with E-state index in [0.717, 1.165) is 10.9 Å². The Bertz CT molecular complexity index is 1030. The number of fused-ring (bicyclic) bond motifs is 1. The molecule has 0 spiro atoms. The van der Waals surface area contributed by atoms with Gasteiger partial charge in [-0.25, -0.2) is 4.79 Å². The monoisotopic (exact) mass is 401 g/mol. The Morgan fingerprint density at radius 2 is 1.96 bits per heavy atom. The van der Waals surface area contributed by atoms with Gasteiger partial charge in [-0.15, -0.1) is 0 Å². The van der Waals surface area contributed by atoms with Gasteiger partial charge in [0.25, 0.3) is 5.91 Å². The van der Waals surface area contributed by atoms with E-state index in [1.54, 1.807) is 38.3 Å². The summed E-state index contributed by atoms with van der Waals surface area (Å²) in [5.74, 6) is -0.408. The van der Waals surface area contributed by atoms with Gasteiger partial charge in [0.15, 0.2) is 6.10 Å². The summed E-state index contributed by atoms with van der Waals surface area (Å²) in [5.41, 5.74) is 1.95. The highest BCUT2D eigenvalue weighted by Crippen LogP contribution is 2.29. The van der Waals surface area contributed by atoms with Crippen molar-refractivity contribution < 1.29 is 23.5 Å². The van der Waals surface area contributed by atoms with Crippen molar-refractivity contribution in [2.24, 2.45) is 0 Å². The topological polar surface area (TPSA) is 77.8 Å². The van der Waals surface area contributed by atoms with Gasteiger partial charge in [-0.1, -0.05) is 29.8 Å². The standard InChI is InChI=1S/C21H20ClNO5/c1-12-16-10-15(26-3)8-9-18(16)28-19(12)21(25)27-13(2)20(24)23-11-14-6-4-5-7-17(14)22/h4-10,13H,11H2,1-3H3,(H,23,24)/t13-/m1/s1. The van der Waals surface area contributed by atoms with Crippen molar-refractivity contribution in [3.05, 3.63) is 64.4 Å². The number of furan rings is 1. The maximum absolute atomic E-state index is 12.5. The first-order valence-corrected chi connectivity index (χ1v) is 9.07.